The van der Waals surface area contributed by atoms with E-state index in [2.05, 4.69) is 44.8 Å². The molecule has 0 unspecified atom stereocenters. The molecule has 0 aliphatic carbocycles. The minimum absolute atomic E-state index is 0.165. The summed E-state index contributed by atoms with van der Waals surface area (Å²) < 4.78 is 5.66. The van der Waals surface area contributed by atoms with Gasteiger partial charge in [0.2, 0.25) is 0 Å². The van der Waals surface area contributed by atoms with E-state index in [4.69, 9.17) is 4.42 Å². The number of hydrogen-bond donors (Lipinski definition) is 0. The Kier molecular flexibility index (Phi) is 2.75. The fourth-order valence-electron chi connectivity index (χ4n) is 1.76. The molecule has 0 amide bonds. The lowest BCUT2D eigenvalue weighted by atomic mass is 9.87. The Balaban J connectivity index is 2.46. The third kappa shape index (κ3) is 2.11. The zero-order valence-corrected chi connectivity index (χ0v) is 10.5. The maximum atomic E-state index is 5.66. The van der Waals surface area contributed by atoms with Crippen LogP contribution in [0.15, 0.2) is 22.6 Å². The van der Waals surface area contributed by atoms with Gasteiger partial charge < -0.3 is 4.42 Å². The number of hydrogen-bond acceptors (Lipinski definition) is 2. The molecule has 0 N–H and O–H groups in total. The van der Waals surface area contributed by atoms with Crippen molar-refractivity contribution in [2.24, 2.45) is 0 Å². The number of oxazole rings is 1. The van der Waals surface area contributed by atoms with Crippen molar-refractivity contribution in [2.45, 2.75) is 46.0 Å². The minimum atomic E-state index is 0.165. The Morgan fingerprint density at radius 3 is 2.62 bits per heavy atom. The number of benzene rings is 1. The van der Waals surface area contributed by atoms with E-state index in [0.717, 1.165) is 29.8 Å². The molecule has 86 valence electrons. The molecule has 0 saturated carbocycles. The highest BCUT2D eigenvalue weighted by Gasteiger charge is 2.15. The van der Waals surface area contributed by atoms with Gasteiger partial charge in [-0.2, -0.15) is 0 Å². The second kappa shape index (κ2) is 3.93. The van der Waals surface area contributed by atoms with E-state index in [0.29, 0.717) is 0 Å². The summed E-state index contributed by atoms with van der Waals surface area (Å²) in [4.78, 5) is 4.51. The lowest BCUT2D eigenvalue weighted by Gasteiger charge is -2.18. The lowest BCUT2D eigenvalue weighted by Crippen LogP contribution is -2.10. The first-order valence-electron chi connectivity index (χ1n) is 5.90. The first-order chi connectivity index (χ1) is 7.50. The maximum absolute atomic E-state index is 5.66. The molecule has 0 atom stereocenters. The summed E-state index contributed by atoms with van der Waals surface area (Å²) >= 11 is 0. The van der Waals surface area contributed by atoms with Crippen molar-refractivity contribution in [1.82, 2.24) is 4.98 Å². The highest BCUT2D eigenvalue weighted by atomic mass is 16.3. The van der Waals surface area contributed by atoms with Crippen LogP contribution in [-0.2, 0) is 11.8 Å². The molecule has 0 radical (unpaired) electrons. The van der Waals surface area contributed by atoms with Crippen LogP contribution in [0.4, 0.5) is 0 Å². The minimum Gasteiger partial charge on any atom is -0.441 e. The van der Waals surface area contributed by atoms with Crippen LogP contribution in [0.2, 0.25) is 0 Å². The Morgan fingerprint density at radius 1 is 1.25 bits per heavy atom. The van der Waals surface area contributed by atoms with Crippen LogP contribution in [0.5, 0.6) is 0 Å². The van der Waals surface area contributed by atoms with E-state index in [1.54, 1.807) is 0 Å². The first-order valence-corrected chi connectivity index (χ1v) is 5.90. The molecule has 0 fully saturated rings. The SMILES string of the molecule is CCCc1nc2cc(C(C)(C)C)ccc2o1. The second-order valence-electron chi connectivity index (χ2n) is 5.29. The van der Waals surface area contributed by atoms with Crippen molar-refractivity contribution in [3.05, 3.63) is 29.7 Å². The summed E-state index contributed by atoms with van der Waals surface area (Å²) in [5.41, 5.74) is 3.35. The van der Waals surface area contributed by atoms with Crippen molar-refractivity contribution in [3.8, 4) is 0 Å². The topological polar surface area (TPSA) is 26.0 Å². The fourth-order valence-corrected chi connectivity index (χ4v) is 1.76. The molecule has 0 saturated heterocycles. The highest BCUT2D eigenvalue weighted by molar-refractivity contribution is 5.73. The van der Waals surface area contributed by atoms with Crippen molar-refractivity contribution < 1.29 is 4.42 Å². The van der Waals surface area contributed by atoms with Gasteiger partial charge >= 0.3 is 0 Å². The number of aryl methyl sites for hydroxylation is 1. The smallest absolute Gasteiger partial charge is 0.195 e. The third-order valence-corrected chi connectivity index (χ3v) is 2.76. The first kappa shape index (κ1) is 11.2. The quantitative estimate of drug-likeness (QED) is 0.757. The zero-order valence-electron chi connectivity index (χ0n) is 10.5. The number of nitrogens with zero attached hydrogens (tertiary/aromatic N) is 1. The van der Waals surface area contributed by atoms with E-state index in [-0.39, 0.29) is 5.41 Å². The van der Waals surface area contributed by atoms with Crippen LogP contribution in [0.1, 0.15) is 45.6 Å². The number of fused-ring (bicyclic) bond motifs is 1. The standard InChI is InChI=1S/C14H19NO/c1-5-6-13-15-11-9-10(14(2,3)4)7-8-12(11)16-13/h7-9H,5-6H2,1-4H3. The maximum Gasteiger partial charge on any atom is 0.195 e. The zero-order chi connectivity index (χ0) is 11.8. The normalized spacial score (nSPS) is 12.2. The van der Waals surface area contributed by atoms with Crippen molar-refractivity contribution in [3.63, 3.8) is 0 Å². The lowest BCUT2D eigenvalue weighted by molar-refractivity contribution is 0.525. The van der Waals surface area contributed by atoms with Crippen LogP contribution in [-0.4, -0.2) is 4.98 Å². The van der Waals surface area contributed by atoms with Gasteiger partial charge in [-0.1, -0.05) is 33.8 Å². The Morgan fingerprint density at radius 2 is 2.00 bits per heavy atom. The number of aromatic nitrogens is 1. The average molecular weight is 217 g/mol. The molecule has 0 aliphatic rings. The molecular weight excluding hydrogens is 198 g/mol. The van der Waals surface area contributed by atoms with Crippen molar-refractivity contribution in [2.75, 3.05) is 0 Å². The molecule has 2 rings (SSSR count). The molecule has 1 aromatic heterocycles. The van der Waals surface area contributed by atoms with Crippen LogP contribution < -0.4 is 0 Å². The Labute approximate surface area is 96.7 Å². The van der Waals surface area contributed by atoms with Gasteiger partial charge in [0.15, 0.2) is 11.5 Å². The van der Waals surface area contributed by atoms with E-state index in [9.17, 15) is 0 Å². The van der Waals surface area contributed by atoms with Crippen LogP contribution in [0.25, 0.3) is 11.1 Å². The van der Waals surface area contributed by atoms with E-state index in [1.165, 1.54) is 5.56 Å². The van der Waals surface area contributed by atoms with Gasteiger partial charge in [-0.3, -0.25) is 0 Å². The highest BCUT2D eigenvalue weighted by Crippen LogP contribution is 2.26. The molecule has 1 heterocycles. The molecule has 2 heteroatoms. The van der Waals surface area contributed by atoms with Crippen LogP contribution in [0.3, 0.4) is 0 Å². The van der Waals surface area contributed by atoms with Gasteiger partial charge in [0.25, 0.3) is 0 Å². The van der Waals surface area contributed by atoms with Gasteiger partial charge in [0.1, 0.15) is 5.52 Å². The van der Waals surface area contributed by atoms with Gasteiger partial charge in [0, 0.05) is 6.42 Å². The van der Waals surface area contributed by atoms with Crippen molar-refractivity contribution >= 4 is 11.1 Å². The van der Waals surface area contributed by atoms with Crippen LogP contribution in [0, 0.1) is 0 Å². The largest absolute Gasteiger partial charge is 0.441 e. The third-order valence-electron chi connectivity index (χ3n) is 2.76. The predicted molar refractivity (Wildman–Crippen MR) is 66.7 cm³/mol. The summed E-state index contributed by atoms with van der Waals surface area (Å²) in [6.45, 7) is 8.76. The summed E-state index contributed by atoms with van der Waals surface area (Å²) in [5, 5.41) is 0. The molecule has 0 aliphatic heterocycles. The fraction of sp³-hybridized carbons (Fsp3) is 0.500. The summed E-state index contributed by atoms with van der Waals surface area (Å²) in [5.74, 6) is 0.851. The van der Waals surface area contributed by atoms with E-state index >= 15 is 0 Å². The van der Waals surface area contributed by atoms with Crippen LogP contribution >= 0.6 is 0 Å². The molecule has 16 heavy (non-hydrogen) atoms. The van der Waals surface area contributed by atoms with Gasteiger partial charge in [-0.15, -0.1) is 0 Å². The predicted octanol–water partition coefficient (Wildman–Crippen LogP) is 4.08. The molecule has 1 aromatic carbocycles. The molecule has 0 spiro atoms. The van der Waals surface area contributed by atoms with Gasteiger partial charge in [-0.25, -0.2) is 4.98 Å². The summed E-state index contributed by atoms with van der Waals surface area (Å²) in [7, 11) is 0. The monoisotopic (exact) mass is 217 g/mol. The van der Waals surface area contributed by atoms with E-state index in [1.807, 2.05) is 6.07 Å². The van der Waals surface area contributed by atoms with E-state index < -0.39 is 0 Å². The second-order valence-corrected chi connectivity index (χ2v) is 5.29. The molecule has 2 nitrogen and oxygen atoms in total. The van der Waals surface area contributed by atoms with Gasteiger partial charge in [-0.05, 0) is 29.5 Å². The Bertz CT molecular complexity index is 491. The average Bonchev–Trinajstić information content (AvgIpc) is 2.57. The molecule has 2 aromatic rings. The number of rotatable bonds is 2. The Hall–Kier alpha value is -1.31. The summed E-state index contributed by atoms with van der Waals surface area (Å²) in [6.07, 6.45) is 1.98. The molecular formula is C14H19NO. The molecule has 0 bridgehead atoms. The van der Waals surface area contributed by atoms with Gasteiger partial charge in [0.05, 0.1) is 0 Å². The van der Waals surface area contributed by atoms with Crippen molar-refractivity contribution in [1.29, 1.82) is 0 Å². The summed E-state index contributed by atoms with van der Waals surface area (Å²) in [6, 6.07) is 6.29.